The zero-order valence-corrected chi connectivity index (χ0v) is 7.66. The molecule has 12 heavy (non-hydrogen) atoms. The predicted molar refractivity (Wildman–Crippen MR) is 50.7 cm³/mol. The van der Waals surface area contributed by atoms with Gasteiger partial charge in [0.25, 0.3) is 0 Å². The Hall–Kier alpha value is -0.590. The normalized spacial score (nSPS) is 27.7. The summed E-state index contributed by atoms with van der Waals surface area (Å²) in [7, 11) is 0.543. The number of rotatable bonds is 0. The molecule has 1 unspecified atom stereocenters. The number of hydrogen-bond acceptors (Lipinski definition) is 2. The van der Waals surface area contributed by atoms with Crippen LogP contribution in [0.4, 0.5) is 5.69 Å². The van der Waals surface area contributed by atoms with Gasteiger partial charge in [0, 0.05) is 5.69 Å². The molecule has 0 N–H and O–H groups in total. The third kappa shape index (κ3) is 0.825. The lowest BCUT2D eigenvalue weighted by atomic mass is 10.1. The van der Waals surface area contributed by atoms with Crippen LogP contribution in [0, 0.1) is 0 Å². The number of fused-ring (bicyclic) bond motifs is 3. The SMILES string of the molecule is c1ccc2c(c1)C[C@H]1COPN21. The fourth-order valence-corrected chi connectivity index (χ4v) is 2.96. The van der Waals surface area contributed by atoms with Gasteiger partial charge in [-0.25, -0.2) is 0 Å². The van der Waals surface area contributed by atoms with Gasteiger partial charge in [0.15, 0.2) is 0 Å². The molecule has 0 radical (unpaired) electrons. The van der Waals surface area contributed by atoms with E-state index in [0.717, 1.165) is 6.61 Å². The molecule has 0 amide bonds. The summed E-state index contributed by atoms with van der Waals surface area (Å²) in [6.45, 7) is 0.910. The second kappa shape index (κ2) is 2.45. The maximum absolute atomic E-state index is 5.42. The number of nitrogens with zero attached hydrogens (tertiary/aromatic N) is 1. The lowest BCUT2D eigenvalue weighted by molar-refractivity contribution is 0.370. The molecule has 0 saturated carbocycles. The minimum atomic E-state index is 0.543. The summed E-state index contributed by atoms with van der Waals surface area (Å²) in [5, 5.41) is 0. The van der Waals surface area contributed by atoms with Crippen LogP contribution in [0.5, 0.6) is 0 Å². The Bertz CT molecular complexity index is 315. The molecule has 3 heteroatoms. The van der Waals surface area contributed by atoms with E-state index in [0.29, 0.717) is 15.0 Å². The van der Waals surface area contributed by atoms with Gasteiger partial charge in [-0.15, -0.1) is 0 Å². The van der Waals surface area contributed by atoms with Crippen molar-refractivity contribution >= 4 is 14.6 Å². The maximum Gasteiger partial charge on any atom is 0.117 e. The summed E-state index contributed by atoms with van der Waals surface area (Å²) in [5.41, 5.74) is 2.87. The molecule has 1 fully saturated rings. The Morgan fingerprint density at radius 2 is 2.33 bits per heavy atom. The summed E-state index contributed by atoms with van der Waals surface area (Å²) in [4.78, 5) is 0. The molecule has 2 heterocycles. The Morgan fingerprint density at radius 1 is 1.42 bits per heavy atom. The first-order valence-electron chi connectivity index (χ1n) is 4.20. The molecule has 1 aromatic carbocycles. The molecule has 0 spiro atoms. The van der Waals surface area contributed by atoms with Crippen LogP contribution < -0.4 is 4.67 Å². The lowest BCUT2D eigenvalue weighted by Gasteiger charge is -2.14. The topological polar surface area (TPSA) is 12.5 Å². The Morgan fingerprint density at radius 3 is 3.33 bits per heavy atom. The fraction of sp³-hybridized carbons (Fsp3) is 0.333. The van der Waals surface area contributed by atoms with E-state index >= 15 is 0 Å². The van der Waals surface area contributed by atoms with Crippen LogP contribution in [-0.4, -0.2) is 12.6 Å². The van der Waals surface area contributed by atoms with Gasteiger partial charge in [0.1, 0.15) is 8.96 Å². The maximum atomic E-state index is 5.42. The van der Waals surface area contributed by atoms with E-state index in [1.165, 1.54) is 17.7 Å². The highest BCUT2D eigenvalue weighted by molar-refractivity contribution is 7.35. The highest BCUT2D eigenvalue weighted by atomic mass is 31.1. The van der Waals surface area contributed by atoms with E-state index in [9.17, 15) is 0 Å². The molecule has 62 valence electrons. The largest absolute Gasteiger partial charge is 0.339 e. The van der Waals surface area contributed by atoms with Crippen LogP contribution in [0.3, 0.4) is 0 Å². The molecular weight excluding hydrogens is 169 g/mol. The van der Waals surface area contributed by atoms with Crippen molar-refractivity contribution in [2.75, 3.05) is 11.3 Å². The Balaban J connectivity index is 2.09. The standard InChI is InChI=1S/C9H10NOP/c1-2-4-9-7(3-1)5-8-6-11-12-10(8)9/h1-4,8,12H,5-6H2/t8-/m0/s1. The summed E-state index contributed by atoms with van der Waals surface area (Å²) in [5.74, 6) is 0. The molecule has 2 aliphatic heterocycles. The van der Waals surface area contributed by atoms with Crippen molar-refractivity contribution in [1.82, 2.24) is 0 Å². The highest BCUT2D eigenvalue weighted by Crippen LogP contribution is 2.44. The first-order valence-corrected chi connectivity index (χ1v) is 5.05. The van der Waals surface area contributed by atoms with Crippen molar-refractivity contribution in [3.8, 4) is 0 Å². The number of benzene rings is 1. The highest BCUT2D eigenvalue weighted by Gasteiger charge is 2.33. The van der Waals surface area contributed by atoms with Gasteiger partial charge < -0.3 is 9.19 Å². The predicted octanol–water partition coefficient (Wildman–Crippen LogP) is 1.96. The van der Waals surface area contributed by atoms with Crippen LogP contribution in [0.1, 0.15) is 5.56 Å². The van der Waals surface area contributed by atoms with Gasteiger partial charge in [-0.3, -0.25) is 0 Å². The Kier molecular flexibility index (Phi) is 1.40. The van der Waals surface area contributed by atoms with Crippen molar-refractivity contribution in [2.24, 2.45) is 0 Å². The third-order valence-corrected chi connectivity index (χ3v) is 3.61. The molecule has 1 aromatic rings. The molecule has 3 rings (SSSR count). The summed E-state index contributed by atoms with van der Waals surface area (Å²) in [6.07, 6.45) is 1.17. The second-order valence-corrected chi connectivity index (χ2v) is 4.21. The van der Waals surface area contributed by atoms with Crippen LogP contribution in [0.15, 0.2) is 24.3 Å². The molecule has 2 nitrogen and oxygen atoms in total. The molecule has 2 atom stereocenters. The van der Waals surface area contributed by atoms with E-state index in [1.807, 2.05) is 0 Å². The van der Waals surface area contributed by atoms with Crippen LogP contribution in [0.2, 0.25) is 0 Å². The molecule has 0 bridgehead atoms. The third-order valence-electron chi connectivity index (χ3n) is 2.51. The van der Waals surface area contributed by atoms with Crippen molar-refractivity contribution in [3.63, 3.8) is 0 Å². The summed E-state index contributed by atoms with van der Waals surface area (Å²) < 4.78 is 7.81. The molecule has 0 aromatic heterocycles. The molecule has 1 saturated heterocycles. The Labute approximate surface area is 73.4 Å². The number of anilines is 1. The van der Waals surface area contributed by atoms with E-state index in [4.69, 9.17) is 4.52 Å². The summed E-state index contributed by atoms with van der Waals surface area (Å²) in [6, 6.07) is 9.25. The lowest BCUT2D eigenvalue weighted by Crippen LogP contribution is -2.20. The van der Waals surface area contributed by atoms with Gasteiger partial charge >= 0.3 is 0 Å². The second-order valence-electron chi connectivity index (χ2n) is 3.26. The van der Waals surface area contributed by atoms with Gasteiger partial charge in [0.2, 0.25) is 0 Å². The van der Waals surface area contributed by atoms with Gasteiger partial charge in [0.05, 0.1) is 12.6 Å². The fourth-order valence-electron chi connectivity index (χ4n) is 1.92. The van der Waals surface area contributed by atoms with Crippen LogP contribution in [-0.2, 0) is 10.9 Å². The van der Waals surface area contributed by atoms with Crippen molar-refractivity contribution in [1.29, 1.82) is 0 Å². The van der Waals surface area contributed by atoms with E-state index in [1.54, 1.807) is 0 Å². The first-order chi connectivity index (χ1) is 5.95. The minimum absolute atomic E-state index is 0.543. The quantitative estimate of drug-likeness (QED) is 0.564. The monoisotopic (exact) mass is 179 g/mol. The van der Waals surface area contributed by atoms with Gasteiger partial charge in [-0.1, -0.05) is 18.2 Å². The molecule has 2 aliphatic rings. The van der Waals surface area contributed by atoms with E-state index in [2.05, 4.69) is 28.9 Å². The van der Waals surface area contributed by atoms with Gasteiger partial charge in [-0.2, -0.15) is 0 Å². The zero-order chi connectivity index (χ0) is 7.97. The van der Waals surface area contributed by atoms with Crippen molar-refractivity contribution in [3.05, 3.63) is 29.8 Å². The average Bonchev–Trinajstić information content (AvgIpc) is 2.62. The van der Waals surface area contributed by atoms with Crippen LogP contribution in [0.25, 0.3) is 0 Å². The van der Waals surface area contributed by atoms with Crippen LogP contribution >= 0.6 is 8.96 Å². The molecular formula is C9H10NOP. The number of hydrogen-bond donors (Lipinski definition) is 0. The molecule has 0 aliphatic carbocycles. The zero-order valence-electron chi connectivity index (χ0n) is 6.66. The smallest absolute Gasteiger partial charge is 0.117 e. The first kappa shape index (κ1) is 6.88. The number of para-hydroxylation sites is 1. The summed E-state index contributed by atoms with van der Waals surface area (Å²) >= 11 is 0. The van der Waals surface area contributed by atoms with Crippen molar-refractivity contribution < 1.29 is 4.52 Å². The average molecular weight is 179 g/mol. The van der Waals surface area contributed by atoms with E-state index < -0.39 is 0 Å². The van der Waals surface area contributed by atoms with Gasteiger partial charge in [-0.05, 0) is 18.1 Å². The van der Waals surface area contributed by atoms with E-state index in [-0.39, 0.29) is 0 Å². The minimum Gasteiger partial charge on any atom is -0.339 e. The van der Waals surface area contributed by atoms with Crippen molar-refractivity contribution in [2.45, 2.75) is 12.5 Å².